The number of hydrogen-bond donors (Lipinski definition) is 1. The van der Waals surface area contributed by atoms with Crippen LogP contribution in [-0.4, -0.2) is 10.6 Å². The van der Waals surface area contributed by atoms with Crippen molar-refractivity contribution in [3.05, 3.63) is 180 Å². The van der Waals surface area contributed by atoms with Gasteiger partial charge in [-0.05, 0) is 89.3 Å². The van der Waals surface area contributed by atoms with Gasteiger partial charge in [-0.2, -0.15) is 0 Å². The molecule has 6 aromatic carbocycles. The first-order valence-corrected chi connectivity index (χ1v) is 17.6. The van der Waals surface area contributed by atoms with E-state index in [9.17, 15) is 0 Å². The summed E-state index contributed by atoms with van der Waals surface area (Å²) in [6, 6.07) is 55.5. The van der Waals surface area contributed by atoms with E-state index in [4.69, 9.17) is 0 Å². The maximum absolute atomic E-state index is 3.69. The molecule has 10 rings (SSSR count). The predicted molar refractivity (Wildman–Crippen MR) is 202 cm³/mol. The normalized spacial score (nSPS) is 20.2. The van der Waals surface area contributed by atoms with Crippen LogP contribution in [-0.2, 0) is 5.41 Å². The molecule has 0 saturated carbocycles. The van der Waals surface area contributed by atoms with Crippen LogP contribution in [0.1, 0.15) is 34.7 Å². The van der Waals surface area contributed by atoms with Gasteiger partial charge in [0, 0.05) is 38.4 Å². The highest BCUT2D eigenvalue weighted by atomic mass is 32.2. The predicted octanol–water partition coefficient (Wildman–Crippen LogP) is 11.4. The highest BCUT2D eigenvalue weighted by molar-refractivity contribution is 8.00. The molecule has 1 aliphatic carbocycles. The average Bonchev–Trinajstić information content (AvgIpc) is 3.81. The summed E-state index contributed by atoms with van der Waals surface area (Å²) in [7, 11) is 0. The summed E-state index contributed by atoms with van der Waals surface area (Å²) in [5.74, 6) is 0. The molecule has 1 aromatic heterocycles. The number of para-hydroxylation sites is 3. The van der Waals surface area contributed by atoms with Crippen molar-refractivity contribution in [2.75, 3.05) is 10.2 Å². The standard InChI is InChI=1S/C44H33N3S/c1-44-35-17-9-11-19-38(35)47(32-14-6-3-7-15-32)41(44)27-26-39-42(44)34-16-8-10-18-37(34)46(39)33-23-20-29(21-24-33)31-22-25-36-40(28-31)48-43(45-36)30-12-4-2-5-13-30/h2-28,41,43,45H,1H3. The molecule has 3 unspecified atom stereocenters. The maximum atomic E-state index is 3.69. The van der Waals surface area contributed by atoms with Crippen LogP contribution in [0.5, 0.6) is 0 Å². The van der Waals surface area contributed by atoms with Gasteiger partial charge >= 0.3 is 0 Å². The number of rotatable bonds is 4. The minimum Gasteiger partial charge on any atom is -0.368 e. The van der Waals surface area contributed by atoms with Crippen molar-refractivity contribution in [2.24, 2.45) is 0 Å². The molecule has 4 heteroatoms. The first-order chi connectivity index (χ1) is 23.7. The number of hydrogen-bond acceptors (Lipinski definition) is 3. The molecule has 3 heterocycles. The Hall–Kier alpha value is -5.45. The first kappa shape index (κ1) is 27.6. The Bertz CT molecular complexity index is 2380. The Labute approximate surface area is 285 Å². The number of fused-ring (bicyclic) bond motifs is 8. The zero-order valence-electron chi connectivity index (χ0n) is 26.5. The molecule has 0 spiro atoms. The van der Waals surface area contributed by atoms with E-state index >= 15 is 0 Å². The van der Waals surface area contributed by atoms with Gasteiger partial charge < -0.3 is 14.8 Å². The lowest BCUT2D eigenvalue weighted by atomic mass is 9.69. The second-order valence-corrected chi connectivity index (χ2v) is 14.3. The lowest BCUT2D eigenvalue weighted by molar-refractivity contribution is 0.533. The number of anilines is 3. The van der Waals surface area contributed by atoms with E-state index in [1.807, 2.05) is 11.8 Å². The van der Waals surface area contributed by atoms with Gasteiger partial charge in [0.2, 0.25) is 0 Å². The van der Waals surface area contributed by atoms with Crippen LogP contribution >= 0.6 is 11.8 Å². The fraction of sp³-hybridized carbons (Fsp3) is 0.0909. The van der Waals surface area contributed by atoms with Crippen LogP contribution in [0, 0.1) is 0 Å². The molecule has 0 fully saturated rings. The fourth-order valence-electron chi connectivity index (χ4n) is 8.36. The number of aromatic nitrogens is 1. The summed E-state index contributed by atoms with van der Waals surface area (Å²) in [6.45, 7) is 2.45. The molecular weight excluding hydrogens is 603 g/mol. The van der Waals surface area contributed by atoms with Crippen molar-refractivity contribution in [2.45, 2.75) is 28.6 Å². The van der Waals surface area contributed by atoms with E-state index in [0.29, 0.717) is 0 Å². The van der Waals surface area contributed by atoms with Gasteiger partial charge in [0.25, 0.3) is 0 Å². The minimum absolute atomic E-state index is 0.167. The molecule has 3 nitrogen and oxygen atoms in total. The summed E-state index contributed by atoms with van der Waals surface area (Å²) in [6.07, 6.45) is 4.80. The third kappa shape index (κ3) is 3.96. The van der Waals surface area contributed by atoms with Crippen molar-refractivity contribution < 1.29 is 0 Å². The molecular formula is C44H33N3S. The number of thioether (sulfide) groups is 1. The van der Waals surface area contributed by atoms with E-state index < -0.39 is 0 Å². The molecule has 0 amide bonds. The summed E-state index contributed by atoms with van der Waals surface area (Å²) >= 11 is 1.89. The van der Waals surface area contributed by atoms with E-state index in [1.54, 1.807) is 0 Å². The van der Waals surface area contributed by atoms with Crippen LogP contribution in [0.2, 0.25) is 0 Å². The van der Waals surface area contributed by atoms with Gasteiger partial charge in [0.15, 0.2) is 0 Å². The molecule has 0 saturated heterocycles. The van der Waals surface area contributed by atoms with Crippen LogP contribution < -0.4 is 10.2 Å². The average molecular weight is 636 g/mol. The number of nitrogens with zero attached hydrogens (tertiary/aromatic N) is 2. The second-order valence-electron chi connectivity index (χ2n) is 13.2. The van der Waals surface area contributed by atoms with Crippen LogP contribution in [0.15, 0.2) is 163 Å². The highest BCUT2D eigenvalue weighted by Crippen LogP contribution is 2.57. The Morgan fingerprint density at radius 3 is 2.21 bits per heavy atom. The molecule has 230 valence electrons. The van der Waals surface area contributed by atoms with Crippen LogP contribution in [0.25, 0.3) is 33.8 Å². The largest absolute Gasteiger partial charge is 0.368 e. The smallest absolute Gasteiger partial charge is 0.103 e. The molecule has 0 bridgehead atoms. The van der Waals surface area contributed by atoms with Gasteiger partial charge in [-0.25, -0.2) is 0 Å². The van der Waals surface area contributed by atoms with E-state index in [-0.39, 0.29) is 16.8 Å². The summed E-state index contributed by atoms with van der Waals surface area (Å²) in [5.41, 5.74) is 13.7. The Morgan fingerprint density at radius 1 is 0.667 bits per heavy atom. The summed E-state index contributed by atoms with van der Waals surface area (Å²) in [5, 5.41) is 5.25. The molecule has 3 aliphatic rings. The van der Waals surface area contributed by atoms with E-state index in [1.165, 1.54) is 72.1 Å². The summed E-state index contributed by atoms with van der Waals surface area (Å²) < 4.78 is 2.47. The highest BCUT2D eigenvalue weighted by Gasteiger charge is 2.52. The lowest BCUT2D eigenvalue weighted by Crippen LogP contribution is -2.42. The Kier molecular flexibility index (Phi) is 6.06. The Balaban J connectivity index is 1.06. The van der Waals surface area contributed by atoms with Gasteiger partial charge in [0.05, 0.1) is 17.3 Å². The van der Waals surface area contributed by atoms with Crippen molar-refractivity contribution in [1.29, 1.82) is 0 Å². The molecule has 3 atom stereocenters. The topological polar surface area (TPSA) is 20.2 Å². The van der Waals surface area contributed by atoms with Crippen molar-refractivity contribution in [1.82, 2.24) is 4.57 Å². The second kappa shape index (κ2) is 10.5. The molecule has 48 heavy (non-hydrogen) atoms. The van der Waals surface area contributed by atoms with Gasteiger partial charge in [-0.3, -0.25) is 0 Å². The first-order valence-electron chi connectivity index (χ1n) is 16.7. The van der Waals surface area contributed by atoms with Crippen LogP contribution in [0.3, 0.4) is 0 Å². The fourth-order valence-corrected chi connectivity index (χ4v) is 9.54. The van der Waals surface area contributed by atoms with Crippen molar-refractivity contribution in [3.8, 4) is 16.8 Å². The van der Waals surface area contributed by atoms with Crippen molar-refractivity contribution >= 4 is 45.8 Å². The number of benzene rings is 6. The van der Waals surface area contributed by atoms with Gasteiger partial charge in [0.1, 0.15) is 5.37 Å². The lowest BCUT2D eigenvalue weighted by Gasteiger charge is -2.38. The zero-order chi connectivity index (χ0) is 31.8. The van der Waals surface area contributed by atoms with E-state index in [2.05, 4.69) is 186 Å². The maximum Gasteiger partial charge on any atom is 0.103 e. The molecule has 2 aliphatic heterocycles. The van der Waals surface area contributed by atoms with E-state index in [0.717, 1.165) is 0 Å². The Morgan fingerprint density at radius 2 is 1.38 bits per heavy atom. The quantitative estimate of drug-likeness (QED) is 0.208. The van der Waals surface area contributed by atoms with Crippen molar-refractivity contribution in [3.63, 3.8) is 0 Å². The van der Waals surface area contributed by atoms with Crippen LogP contribution in [0.4, 0.5) is 17.1 Å². The molecule has 0 radical (unpaired) electrons. The third-order valence-corrected chi connectivity index (χ3v) is 11.8. The zero-order valence-corrected chi connectivity index (χ0v) is 27.4. The number of nitrogens with one attached hydrogen (secondary N) is 1. The van der Waals surface area contributed by atoms with Gasteiger partial charge in [-0.1, -0.05) is 121 Å². The molecule has 7 aromatic rings. The SMILES string of the molecule is CC12c3ccccc3N(c3ccccc3)C1C=Cc1c2c2ccccc2n1-c1ccc(-c2ccc3c(c2)SC(c2ccccc2)N3)cc1. The molecule has 1 N–H and O–H groups in total. The minimum atomic E-state index is -0.227. The third-order valence-electron chi connectivity index (χ3n) is 10.6. The summed E-state index contributed by atoms with van der Waals surface area (Å²) in [4.78, 5) is 3.83. The monoisotopic (exact) mass is 635 g/mol. The van der Waals surface area contributed by atoms with Gasteiger partial charge in [-0.15, -0.1) is 0 Å².